The monoisotopic (exact) mass is 235 g/mol. The molecule has 0 amide bonds. The molecule has 0 radical (unpaired) electrons. The molecule has 0 bridgehead atoms. The molecule has 1 aliphatic carbocycles. The van der Waals surface area contributed by atoms with Gasteiger partial charge in [0.15, 0.2) is 0 Å². The third-order valence-electron chi connectivity index (χ3n) is 3.61. The number of carboxylic acids is 1. The van der Waals surface area contributed by atoms with Gasteiger partial charge in [-0.25, -0.2) is 4.79 Å². The van der Waals surface area contributed by atoms with Crippen molar-refractivity contribution in [2.24, 2.45) is 5.92 Å². The van der Waals surface area contributed by atoms with Crippen molar-refractivity contribution in [1.29, 1.82) is 0 Å². The molecule has 0 saturated heterocycles. The summed E-state index contributed by atoms with van der Waals surface area (Å²) in [5, 5.41) is 8.95. The van der Waals surface area contributed by atoms with Gasteiger partial charge in [0.2, 0.25) is 0 Å². The lowest BCUT2D eigenvalue weighted by Gasteiger charge is -2.30. The first-order chi connectivity index (χ1) is 8.09. The summed E-state index contributed by atoms with van der Waals surface area (Å²) in [7, 11) is 0. The molecule has 2 rings (SSSR count). The molecule has 17 heavy (non-hydrogen) atoms. The van der Waals surface area contributed by atoms with E-state index in [4.69, 9.17) is 5.11 Å². The maximum atomic E-state index is 11.8. The highest BCUT2D eigenvalue weighted by atomic mass is 16.4. The third-order valence-corrected chi connectivity index (χ3v) is 3.61. The molecule has 2 unspecified atom stereocenters. The minimum absolute atomic E-state index is 0.103. The summed E-state index contributed by atoms with van der Waals surface area (Å²) in [5.41, 5.74) is 0.0797. The van der Waals surface area contributed by atoms with Crippen LogP contribution in [0.4, 0.5) is 0 Å². The Kier molecular flexibility index (Phi) is 3.31. The molecule has 1 aromatic rings. The smallest absolute Gasteiger partial charge is 0.337 e. The van der Waals surface area contributed by atoms with Gasteiger partial charge in [0, 0.05) is 18.3 Å². The fourth-order valence-electron chi connectivity index (χ4n) is 2.60. The molecule has 4 heteroatoms. The Labute approximate surface area is 99.9 Å². The van der Waals surface area contributed by atoms with Gasteiger partial charge in [0.25, 0.3) is 5.56 Å². The van der Waals surface area contributed by atoms with E-state index in [2.05, 4.69) is 6.92 Å². The van der Waals surface area contributed by atoms with Crippen molar-refractivity contribution in [2.45, 2.75) is 38.6 Å². The summed E-state index contributed by atoms with van der Waals surface area (Å²) in [4.78, 5) is 22.7. The van der Waals surface area contributed by atoms with Gasteiger partial charge in [-0.05, 0) is 24.8 Å². The Hall–Kier alpha value is -1.58. The molecule has 1 aliphatic rings. The first-order valence-electron chi connectivity index (χ1n) is 6.05. The standard InChI is InChI=1S/C13H17NO3/c1-9-4-2-3-5-11(9)14-8-10(13(16)17)6-7-12(14)15/h6-9,11H,2-5H2,1H3,(H,16,17). The van der Waals surface area contributed by atoms with E-state index in [1.54, 1.807) is 4.57 Å². The van der Waals surface area contributed by atoms with E-state index >= 15 is 0 Å². The minimum atomic E-state index is -0.984. The molecule has 0 aliphatic heterocycles. The summed E-state index contributed by atoms with van der Waals surface area (Å²) >= 11 is 0. The predicted molar refractivity (Wildman–Crippen MR) is 64.3 cm³/mol. The van der Waals surface area contributed by atoms with Crippen LogP contribution < -0.4 is 5.56 Å². The number of hydrogen-bond donors (Lipinski definition) is 1. The van der Waals surface area contributed by atoms with Gasteiger partial charge in [-0.15, -0.1) is 0 Å². The van der Waals surface area contributed by atoms with Crippen LogP contribution in [0, 0.1) is 5.92 Å². The highest BCUT2D eigenvalue weighted by Gasteiger charge is 2.23. The van der Waals surface area contributed by atoms with E-state index in [1.807, 2.05) is 0 Å². The van der Waals surface area contributed by atoms with Crippen molar-refractivity contribution < 1.29 is 9.90 Å². The van der Waals surface area contributed by atoms with Gasteiger partial charge < -0.3 is 9.67 Å². The number of pyridine rings is 1. The second-order valence-electron chi connectivity index (χ2n) is 4.80. The van der Waals surface area contributed by atoms with E-state index in [9.17, 15) is 9.59 Å². The maximum Gasteiger partial charge on any atom is 0.337 e. The molecular formula is C13H17NO3. The molecular weight excluding hydrogens is 218 g/mol. The molecule has 2 atom stereocenters. The average Bonchev–Trinajstić information content (AvgIpc) is 2.30. The summed E-state index contributed by atoms with van der Waals surface area (Å²) < 4.78 is 1.60. The predicted octanol–water partition coefficient (Wildman–Crippen LogP) is 2.30. The molecule has 0 aromatic carbocycles. The van der Waals surface area contributed by atoms with Crippen molar-refractivity contribution in [2.75, 3.05) is 0 Å². The van der Waals surface area contributed by atoms with Crippen LogP contribution in [-0.4, -0.2) is 15.6 Å². The number of aromatic nitrogens is 1. The first kappa shape index (κ1) is 11.9. The Balaban J connectivity index is 2.39. The van der Waals surface area contributed by atoms with Gasteiger partial charge in [-0.2, -0.15) is 0 Å². The van der Waals surface area contributed by atoms with Crippen molar-refractivity contribution >= 4 is 5.97 Å². The highest BCUT2D eigenvalue weighted by molar-refractivity contribution is 5.87. The molecule has 92 valence electrons. The first-order valence-corrected chi connectivity index (χ1v) is 6.05. The van der Waals surface area contributed by atoms with E-state index < -0.39 is 5.97 Å². The fourth-order valence-corrected chi connectivity index (χ4v) is 2.60. The fraction of sp³-hybridized carbons (Fsp3) is 0.538. The van der Waals surface area contributed by atoms with Crippen LogP contribution in [-0.2, 0) is 0 Å². The van der Waals surface area contributed by atoms with Crippen LogP contribution in [0.3, 0.4) is 0 Å². The summed E-state index contributed by atoms with van der Waals surface area (Å²) in [6, 6.07) is 2.87. The lowest BCUT2D eigenvalue weighted by atomic mass is 9.85. The third kappa shape index (κ3) is 2.40. The molecule has 4 nitrogen and oxygen atoms in total. The van der Waals surface area contributed by atoms with E-state index in [0.29, 0.717) is 5.92 Å². The van der Waals surface area contributed by atoms with Crippen molar-refractivity contribution in [3.8, 4) is 0 Å². The molecule has 0 spiro atoms. The van der Waals surface area contributed by atoms with Gasteiger partial charge in [0.05, 0.1) is 5.56 Å². The van der Waals surface area contributed by atoms with E-state index in [1.165, 1.54) is 24.8 Å². The SMILES string of the molecule is CC1CCCCC1n1cc(C(=O)O)ccc1=O. The number of rotatable bonds is 2. The van der Waals surface area contributed by atoms with Gasteiger partial charge in [0.1, 0.15) is 0 Å². The summed E-state index contributed by atoms with van der Waals surface area (Å²) in [6.07, 6.45) is 5.86. The van der Waals surface area contributed by atoms with E-state index in [-0.39, 0.29) is 17.2 Å². The number of aromatic carboxylic acids is 1. The zero-order valence-corrected chi connectivity index (χ0v) is 9.93. The van der Waals surface area contributed by atoms with Gasteiger partial charge >= 0.3 is 5.97 Å². The second-order valence-corrected chi connectivity index (χ2v) is 4.80. The summed E-state index contributed by atoms with van der Waals surface area (Å²) in [5.74, 6) is -0.548. The lowest BCUT2D eigenvalue weighted by Crippen LogP contribution is -2.30. The lowest BCUT2D eigenvalue weighted by molar-refractivity contribution is 0.0695. The van der Waals surface area contributed by atoms with Crippen molar-refractivity contribution in [1.82, 2.24) is 4.57 Å². The Morgan fingerprint density at radius 3 is 2.71 bits per heavy atom. The van der Waals surface area contributed by atoms with E-state index in [0.717, 1.165) is 19.3 Å². The second kappa shape index (κ2) is 4.73. The number of carbonyl (C=O) groups is 1. The highest BCUT2D eigenvalue weighted by Crippen LogP contribution is 2.32. The van der Waals surface area contributed by atoms with Crippen molar-refractivity contribution in [3.05, 3.63) is 34.2 Å². The van der Waals surface area contributed by atoms with Gasteiger partial charge in [-0.3, -0.25) is 4.79 Å². The molecule has 1 aromatic heterocycles. The zero-order valence-electron chi connectivity index (χ0n) is 9.93. The molecule has 1 heterocycles. The van der Waals surface area contributed by atoms with Crippen LogP contribution in [0.5, 0.6) is 0 Å². The van der Waals surface area contributed by atoms with Crippen molar-refractivity contribution in [3.63, 3.8) is 0 Å². The van der Waals surface area contributed by atoms with Crippen LogP contribution in [0.2, 0.25) is 0 Å². The number of carboxylic acid groups (broad SMARTS) is 1. The van der Waals surface area contributed by atoms with Crippen LogP contribution in [0.1, 0.15) is 49.0 Å². The molecule has 1 N–H and O–H groups in total. The van der Waals surface area contributed by atoms with Crippen LogP contribution in [0.25, 0.3) is 0 Å². The Morgan fingerprint density at radius 1 is 1.35 bits per heavy atom. The Bertz CT molecular complexity index is 478. The van der Waals surface area contributed by atoms with Crippen LogP contribution in [0.15, 0.2) is 23.1 Å². The number of hydrogen-bond acceptors (Lipinski definition) is 2. The maximum absolute atomic E-state index is 11.8. The normalized spacial score (nSPS) is 24.5. The number of nitrogens with zero attached hydrogens (tertiary/aromatic N) is 1. The minimum Gasteiger partial charge on any atom is -0.478 e. The zero-order chi connectivity index (χ0) is 12.4. The van der Waals surface area contributed by atoms with Crippen LogP contribution >= 0.6 is 0 Å². The topological polar surface area (TPSA) is 59.3 Å². The largest absolute Gasteiger partial charge is 0.478 e. The van der Waals surface area contributed by atoms with Gasteiger partial charge in [-0.1, -0.05) is 19.8 Å². The molecule has 1 fully saturated rings. The summed E-state index contributed by atoms with van der Waals surface area (Å²) in [6.45, 7) is 2.13. The average molecular weight is 235 g/mol. The Morgan fingerprint density at radius 2 is 2.06 bits per heavy atom. The molecule has 1 saturated carbocycles. The quantitative estimate of drug-likeness (QED) is 0.855.